The van der Waals surface area contributed by atoms with E-state index in [0.29, 0.717) is 17.8 Å². The van der Waals surface area contributed by atoms with Crippen molar-refractivity contribution in [2.24, 2.45) is 5.84 Å². The lowest BCUT2D eigenvalue weighted by molar-refractivity contribution is 0.0951. The minimum atomic E-state index is -0.209. The summed E-state index contributed by atoms with van der Waals surface area (Å²) in [5.74, 6) is 6.29. The predicted molar refractivity (Wildman–Crippen MR) is 101 cm³/mol. The first-order valence-electron chi connectivity index (χ1n) is 7.89. The lowest BCUT2D eigenvalue weighted by Gasteiger charge is -2.20. The molecule has 132 valence electrons. The van der Waals surface area contributed by atoms with Gasteiger partial charge in [-0.2, -0.15) is 0 Å². The SMILES string of the molecule is Nc1ncnc(N(N)c2cccc(C(=O)NCc3ccccc3)c2)c1N. The van der Waals surface area contributed by atoms with Crippen molar-refractivity contribution in [3.05, 3.63) is 72.1 Å². The summed E-state index contributed by atoms with van der Waals surface area (Å²) in [6.45, 7) is 0.436. The Morgan fingerprint density at radius 1 is 1.04 bits per heavy atom. The van der Waals surface area contributed by atoms with Gasteiger partial charge in [0.2, 0.25) is 0 Å². The summed E-state index contributed by atoms with van der Waals surface area (Å²) >= 11 is 0. The topological polar surface area (TPSA) is 136 Å². The van der Waals surface area contributed by atoms with E-state index in [1.165, 1.54) is 11.3 Å². The molecule has 3 rings (SSSR count). The van der Waals surface area contributed by atoms with Crippen LogP contribution in [-0.2, 0) is 6.54 Å². The van der Waals surface area contributed by atoms with Crippen molar-refractivity contribution >= 4 is 28.9 Å². The van der Waals surface area contributed by atoms with E-state index in [4.69, 9.17) is 17.3 Å². The summed E-state index contributed by atoms with van der Waals surface area (Å²) in [5, 5.41) is 4.14. The average Bonchev–Trinajstić information content (AvgIpc) is 2.68. The van der Waals surface area contributed by atoms with Crippen LogP contribution in [0, 0.1) is 0 Å². The normalized spacial score (nSPS) is 10.3. The molecule has 8 nitrogen and oxygen atoms in total. The predicted octanol–water partition coefficient (Wildman–Crippen LogP) is 1.58. The second-order valence-electron chi connectivity index (χ2n) is 5.58. The fourth-order valence-corrected chi connectivity index (χ4v) is 2.39. The maximum absolute atomic E-state index is 12.4. The van der Waals surface area contributed by atoms with Crippen LogP contribution in [0.15, 0.2) is 60.9 Å². The third-order valence-corrected chi connectivity index (χ3v) is 3.80. The van der Waals surface area contributed by atoms with Crippen molar-refractivity contribution in [2.45, 2.75) is 6.54 Å². The molecule has 7 N–H and O–H groups in total. The van der Waals surface area contributed by atoms with Crippen LogP contribution in [-0.4, -0.2) is 15.9 Å². The van der Waals surface area contributed by atoms with Gasteiger partial charge in [0.25, 0.3) is 5.91 Å². The Labute approximate surface area is 150 Å². The number of nitrogens with two attached hydrogens (primary N) is 3. The largest absolute Gasteiger partial charge is 0.393 e. The highest BCUT2D eigenvalue weighted by molar-refractivity contribution is 5.95. The zero-order chi connectivity index (χ0) is 18.5. The standard InChI is InChI=1S/C18H19N7O/c19-15-16(20)23-11-24-17(15)25(21)14-8-4-7-13(9-14)18(26)22-10-12-5-2-1-3-6-12/h1-9,11H,10,19,21H2,(H,22,26)(H2,20,23,24). The molecule has 1 aromatic heterocycles. The number of nitrogens with zero attached hydrogens (tertiary/aromatic N) is 3. The highest BCUT2D eigenvalue weighted by Crippen LogP contribution is 2.28. The van der Waals surface area contributed by atoms with Crippen LogP contribution in [0.5, 0.6) is 0 Å². The van der Waals surface area contributed by atoms with E-state index < -0.39 is 0 Å². The van der Waals surface area contributed by atoms with E-state index in [-0.39, 0.29) is 23.2 Å². The van der Waals surface area contributed by atoms with E-state index in [1.54, 1.807) is 24.3 Å². The van der Waals surface area contributed by atoms with Crippen LogP contribution in [0.4, 0.5) is 23.0 Å². The molecule has 0 spiro atoms. The highest BCUT2D eigenvalue weighted by atomic mass is 16.1. The summed E-state index contributed by atoms with van der Waals surface area (Å²) in [4.78, 5) is 20.3. The van der Waals surface area contributed by atoms with E-state index >= 15 is 0 Å². The molecule has 0 aliphatic carbocycles. The molecule has 0 unspecified atom stereocenters. The Morgan fingerprint density at radius 2 is 1.81 bits per heavy atom. The molecule has 0 radical (unpaired) electrons. The minimum absolute atomic E-state index is 0.141. The number of carbonyl (C=O) groups is 1. The third kappa shape index (κ3) is 3.70. The van der Waals surface area contributed by atoms with Gasteiger partial charge in [0.05, 0.1) is 5.69 Å². The van der Waals surface area contributed by atoms with E-state index in [0.717, 1.165) is 5.56 Å². The molecule has 0 atom stereocenters. The van der Waals surface area contributed by atoms with E-state index in [1.807, 2.05) is 30.3 Å². The maximum atomic E-state index is 12.4. The van der Waals surface area contributed by atoms with Crippen molar-refractivity contribution < 1.29 is 4.79 Å². The quantitative estimate of drug-likeness (QED) is 0.405. The number of hydrogen-bond donors (Lipinski definition) is 4. The van der Waals surface area contributed by atoms with Crippen molar-refractivity contribution in [3.63, 3.8) is 0 Å². The zero-order valence-electron chi connectivity index (χ0n) is 14.0. The van der Waals surface area contributed by atoms with Crippen molar-refractivity contribution in [1.29, 1.82) is 0 Å². The molecular formula is C18H19N7O. The number of amides is 1. The van der Waals surface area contributed by atoms with Gasteiger partial charge in [-0.3, -0.25) is 9.80 Å². The molecule has 1 heterocycles. The molecule has 0 saturated heterocycles. The van der Waals surface area contributed by atoms with E-state index in [9.17, 15) is 4.79 Å². The van der Waals surface area contributed by atoms with Gasteiger partial charge in [-0.1, -0.05) is 36.4 Å². The lowest BCUT2D eigenvalue weighted by atomic mass is 10.1. The smallest absolute Gasteiger partial charge is 0.251 e. The molecule has 0 fully saturated rings. The molecule has 8 heteroatoms. The third-order valence-electron chi connectivity index (χ3n) is 3.80. The van der Waals surface area contributed by atoms with Gasteiger partial charge in [0.1, 0.15) is 12.0 Å². The highest BCUT2D eigenvalue weighted by Gasteiger charge is 2.14. The molecule has 2 aromatic carbocycles. The van der Waals surface area contributed by atoms with Crippen LogP contribution in [0.25, 0.3) is 0 Å². The number of hydrazine groups is 1. The Morgan fingerprint density at radius 3 is 2.58 bits per heavy atom. The second kappa shape index (κ2) is 7.49. The molecule has 0 bridgehead atoms. The van der Waals surface area contributed by atoms with Crippen LogP contribution >= 0.6 is 0 Å². The number of carbonyl (C=O) groups excluding carboxylic acids is 1. The van der Waals surface area contributed by atoms with Crippen LogP contribution < -0.4 is 27.6 Å². The molecule has 0 saturated carbocycles. The van der Waals surface area contributed by atoms with Gasteiger partial charge >= 0.3 is 0 Å². The van der Waals surface area contributed by atoms with Crippen LogP contribution in [0.1, 0.15) is 15.9 Å². The number of nitrogens with one attached hydrogen (secondary N) is 1. The molecule has 0 aliphatic rings. The zero-order valence-corrected chi connectivity index (χ0v) is 14.0. The Bertz CT molecular complexity index is 914. The number of benzene rings is 2. The van der Waals surface area contributed by atoms with Crippen molar-refractivity contribution in [1.82, 2.24) is 15.3 Å². The van der Waals surface area contributed by atoms with Gasteiger partial charge in [-0.15, -0.1) is 0 Å². The van der Waals surface area contributed by atoms with Crippen LogP contribution in [0.2, 0.25) is 0 Å². The summed E-state index contributed by atoms with van der Waals surface area (Å²) in [7, 11) is 0. The summed E-state index contributed by atoms with van der Waals surface area (Å²) in [6, 6.07) is 16.5. The van der Waals surface area contributed by atoms with Gasteiger partial charge in [0, 0.05) is 12.1 Å². The number of hydrogen-bond acceptors (Lipinski definition) is 7. The summed E-state index contributed by atoms with van der Waals surface area (Å²) in [5.41, 5.74) is 13.8. The van der Waals surface area contributed by atoms with Crippen LogP contribution in [0.3, 0.4) is 0 Å². The molecular weight excluding hydrogens is 330 g/mol. The number of aromatic nitrogens is 2. The average molecular weight is 349 g/mol. The van der Waals surface area contributed by atoms with Gasteiger partial charge in [-0.25, -0.2) is 15.8 Å². The Hall–Kier alpha value is -3.65. The molecule has 1 amide bonds. The second-order valence-corrected chi connectivity index (χ2v) is 5.58. The lowest BCUT2D eigenvalue weighted by Crippen LogP contribution is -2.28. The summed E-state index contributed by atoms with van der Waals surface area (Å²) in [6.07, 6.45) is 1.28. The fourth-order valence-electron chi connectivity index (χ4n) is 2.39. The van der Waals surface area contributed by atoms with Gasteiger partial charge in [-0.05, 0) is 23.8 Å². The first-order chi connectivity index (χ1) is 12.6. The molecule has 0 aliphatic heterocycles. The Balaban J connectivity index is 1.77. The number of rotatable bonds is 5. The van der Waals surface area contributed by atoms with E-state index in [2.05, 4.69) is 15.3 Å². The maximum Gasteiger partial charge on any atom is 0.251 e. The van der Waals surface area contributed by atoms with Gasteiger partial charge in [0.15, 0.2) is 11.6 Å². The summed E-state index contributed by atoms with van der Waals surface area (Å²) < 4.78 is 0. The molecule has 26 heavy (non-hydrogen) atoms. The first-order valence-corrected chi connectivity index (χ1v) is 7.89. The number of anilines is 4. The Kier molecular flexibility index (Phi) is 4.95. The van der Waals surface area contributed by atoms with Crippen molar-refractivity contribution in [3.8, 4) is 0 Å². The first kappa shape index (κ1) is 17.2. The van der Waals surface area contributed by atoms with Gasteiger partial charge < -0.3 is 16.8 Å². The van der Waals surface area contributed by atoms with Crippen molar-refractivity contribution in [2.75, 3.05) is 16.5 Å². The molecule has 3 aromatic rings. The number of nitrogen functional groups attached to an aromatic ring is 2. The monoisotopic (exact) mass is 349 g/mol. The fraction of sp³-hybridized carbons (Fsp3) is 0.0556. The minimum Gasteiger partial charge on any atom is -0.393 e.